The van der Waals surface area contributed by atoms with Gasteiger partial charge in [-0.15, -0.1) is 0 Å². The first-order valence-electron chi connectivity index (χ1n) is 6.12. The first-order chi connectivity index (χ1) is 9.66. The lowest BCUT2D eigenvalue weighted by atomic mass is 9.97. The lowest BCUT2D eigenvalue weighted by Gasteiger charge is -2.15. The van der Waals surface area contributed by atoms with Gasteiger partial charge in [0.1, 0.15) is 6.10 Å². The van der Waals surface area contributed by atoms with Crippen LogP contribution in [0.4, 0.5) is 0 Å². The molecule has 0 bridgehead atoms. The van der Waals surface area contributed by atoms with Gasteiger partial charge in [0.15, 0.2) is 0 Å². The van der Waals surface area contributed by atoms with E-state index in [1.54, 1.807) is 24.5 Å². The number of nitrogens with zero attached hydrogens (tertiary/aromatic N) is 1. The lowest BCUT2D eigenvalue weighted by molar-refractivity contribution is 0.221. The Balaban J connectivity index is 2.17. The summed E-state index contributed by atoms with van der Waals surface area (Å²) >= 11 is 9.48. The fourth-order valence-electron chi connectivity index (χ4n) is 2.27. The van der Waals surface area contributed by atoms with E-state index in [0.717, 1.165) is 26.4 Å². The molecule has 0 amide bonds. The zero-order chi connectivity index (χ0) is 14.1. The molecule has 2 aromatic carbocycles. The van der Waals surface area contributed by atoms with E-state index >= 15 is 0 Å². The molecule has 0 aliphatic rings. The fraction of sp³-hybridized carbons (Fsp3) is 0.0625. The summed E-state index contributed by atoms with van der Waals surface area (Å²) < 4.78 is 0.829. The van der Waals surface area contributed by atoms with Crippen molar-refractivity contribution in [3.63, 3.8) is 0 Å². The van der Waals surface area contributed by atoms with Gasteiger partial charge >= 0.3 is 0 Å². The molecule has 0 radical (unpaired) electrons. The Morgan fingerprint density at radius 1 is 1.10 bits per heavy atom. The third-order valence-electron chi connectivity index (χ3n) is 3.26. The van der Waals surface area contributed by atoms with Gasteiger partial charge in [-0.2, -0.15) is 0 Å². The molecule has 3 aromatic rings. The SMILES string of the molecule is OC(c1cc(Cl)ccc1Br)c1cccc2ccncc12. The van der Waals surface area contributed by atoms with Crippen LogP contribution >= 0.6 is 27.5 Å². The van der Waals surface area contributed by atoms with Crippen molar-refractivity contribution in [3.05, 3.63) is 75.5 Å². The molecule has 0 fully saturated rings. The van der Waals surface area contributed by atoms with Crippen molar-refractivity contribution in [1.82, 2.24) is 4.98 Å². The normalized spacial score (nSPS) is 12.6. The maximum atomic E-state index is 10.7. The molecule has 0 aliphatic heterocycles. The monoisotopic (exact) mass is 347 g/mol. The van der Waals surface area contributed by atoms with Crippen LogP contribution in [0.15, 0.2) is 59.3 Å². The van der Waals surface area contributed by atoms with Crippen LogP contribution in [0.5, 0.6) is 0 Å². The van der Waals surface area contributed by atoms with Crippen LogP contribution in [0.3, 0.4) is 0 Å². The predicted octanol–water partition coefficient (Wildman–Crippen LogP) is 4.73. The van der Waals surface area contributed by atoms with E-state index in [-0.39, 0.29) is 0 Å². The number of benzene rings is 2. The summed E-state index contributed by atoms with van der Waals surface area (Å²) in [5.74, 6) is 0. The van der Waals surface area contributed by atoms with Crippen LogP contribution in [0, 0.1) is 0 Å². The fourth-order valence-corrected chi connectivity index (χ4v) is 2.91. The predicted molar refractivity (Wildman–Crippen MR) is 85.0 cm³/mol. The molecule has 0 spiro atoms. The Kier molecular flexibility index (Phi) is 3.74. The molecule has 100 valence electrons. The third kappa shape index (κ3) is 2.44. The van der Waals surface area contributed by atoms with Gasteiger partial charge in [-0.1, -0.05) is 45.7 Å². The first kappa shape index (κ1) is 13.6. The Hall–Kier alpha value is -1.42. The summed E-state index contributed by atoms with van der Waals surface area (Å²) in [5.41, 5.74) is 1.56. The second-order valence-electron chi connectivity index (χ2n) is 4.51. The van der Waals surface area contributed by atoms with Gasteiger partial charge in [0.2, 0.25) is 0 Å². The number of fused-ring (bicyclic) bond motifs is 1. The van der Waals surface area contributed by atoms with Crippen molar-refractivity contribution >= 4 is 38.3 Å². The average Bonchev–Trinajstić information content (AvgIpc) is 2.48. The topological polar surface area (TPSA) is 33.1 Å². The molecule has 1 heterocycles. The summed E-state index contributed by atoms with van der Waals surface area (Å²) in [5, 5.41) is 13.3. The van der Waals surface area contributed by atoms with Crippen molar-refractivity contribution in [3.8, 4) is 0 Å². The number of aliphatic hydroxyl groups excluding tert-OH is 1. The summed E-state index contributed by atoms with van der Waals surface area (Å²) in [6.07, 6.45) is 2.76. The van der Waals surface area contributed by atoms with Gasteiger partial charge in [0.05, 0.1) is 0 Å². The van der Waals surface area contributed by atoms with Gasteiger partial charge in [0.25, 0.3) is 0 Å². The molecule has 0 saturated carbocycles. The molecular weight excluding hydrogens is 338 g/mol. The minimum absolute atomic E-state index is 0.598. The molecule has 0 aliphatic carbocycles. The smallest absolute Gasteiger partial charge is 0.106 e. The molecule has 4 heteroatoms. The Bertz CT molecular complexity index is 770. The maximum Gasteiger partial charge on any atom is 0.106 e. The molecule has 1 N–H and O–H groups in total. The second-order valence-corrected chi connectivity index (χ2v) is 5.80. The van der Waals surface area contributed by atoms with E-state index in [0.29, 0.717) is 5.02 Å². The average molecular weight is 349 g/mol. The molecule has 0 saturated heterocycles. The van der Waals surface area contributed by atoms with Gasteiger partial charge in [0, 0.05) is 32.8 Å². The summed E-state index contributed by atoms with van der Waals surface area (Å²) in [4.78, 5) is 4.14. The summed E-state index contributed by atoms with van der Waals surface area (Å²) in [6, 6.07) is 13.2. The maximum absolute atomic E-state index is 10.7. The van der Waals surface area contributed by atoms with Crippen molar-refractivity contribution in [2.75, 3.05) is 0 Å². The van der Waals surface area contributed by atoms with Gasteiger partial charge in [-0.25, -0.2) is 0 Å². The highest BCUT2D eigenvalue weighted by molar-refractivity contribution is 9.10. The van der Waals surface area contributed by atoms with Crippen molar-refractivity contribution in [2.24, 2.45) is 0 Å². The van der Waals surface area contributed by atoms with E-state index in [1.807, 2.05) is 30.3 Å². The van der Waals surface area contributed by atoms with Crippen molar-refractivity contribution < 1.29 is 5.11 Å². The number of aliphatic hydroxyl groups is 1. The standard InChI is InChI=1S/C16H11BrClNO/c17-15-5-4-11(18)8-13(15)16(20)12-3-1-2-10-6-7-19-9-14(10)12/h1-9,16,20H. The number of hydrogen-bond donors (Lipinski definition) is 1. The van der Waals surface area contributed by atoms with E-state index in [2.05, 4.69) is 20.9 Å². The van der Waals surface area contributed by atoms with Gasteiger partial charge in [-0.3, -0.25) is 4.98 Å². The van der Waals surface area contributed by atoms with E-state index < -0.39 is 6.10 Å². The molecule has 2 nitrogen and oxygen atoms in total. The van der Waals surface area contributed by atoms with E-state index in [9.17, 15) is 5.11 Å². The summed E-state index contributed by atoms with van der Waals surface area (Å²) in [6.45, 7) is 0. The number of pyridine rings is 1. The molecule has 1 atom stereocenters. The van der Waals surface area contributed by atoms with Crippen LogP contribution < -0.4 is 0 Å². The number of hydrogen-bond acceptors (Lipinski definition) is 2. The van der Waals surface area contributed by atoms with Crippen LogP contribution in [0.25, 0.3) is 10.8 Å². The minimum Gasteiger partial charge on any atom is -0.384 e. The number of aromatic nitrogens is 1. The Labute approximate surface area is 130 Å². The van der Waals surface area contributed by atoms with Crippen LogP contribution in [-0.4, -0.2) is 10.1 Å². The minimum atomic E-state index is -0.754. The quantitative estimate of drug-likeness (QED) is 0.726. The number of rotatable bonds is 2. The van der Waals surface area contributed by atoms with Crippen LogP contribution in [-0.2, 0) is 0 Å². The zero-order valence-corrected chi connectivity index (χ0v) is 12.8. The Morgan fingerprint density at radius 3 is 2.80 bits per heavy atom. The van der Waals surface area contributed by atoms with Gasteiger partial charge < -0.3 is 5.11 Å². The highest BCUT2D eigenvalue weighted by Gasteiger charge is 2.16. The van der Waals surface area contributed by atoms with Gasteiger partial charge in [-0.05, 0) is 35.2 Å². The zero-order valence-electron chi connectivity index (χ0n) is 10.4. The van der Waals surface area contributed by atoms with Crippen molar-refractivity contribution in [2.45, 2.75) is 6.10 Å². The Morgan fingerprint density at radius 2 is 1.95 bits per heavy atom. The second kappa shape index (κ2) is 5.52. The summed E-state index contributed by atoms with van der Waals surface area (Å²) in [7, 11) is 0. The largest absolute Gasteiger partial charge is 0.384 e. The molecule has 1 unspecified atom stereocenters. The van der Waals surface area contributed by atoms with Crippen LogP contribution in [0.1, 0.15) is 17.2 Å². The lowest BCUT2D eigenvalue weighted by Crippen LogP contribution is -2.01. The highest BCUT2D eigenvalue weighted by Crippen LogP contribution is 2.33. The third-order valence-corrected chi connectivity index (χ3v) is 4.22. The first-order valence-corrected chi connectivity index (χ1v) is 7.29. The van der Waals surface area contributed by atoms with E-state index in [1.165, 1.54) is 0 Å². The molecule has 3 rings (SSSR count). The van der Waals surface area contributed by atoms with Crippen LogP contribution in [0.2, 0.25) is 5.02 Å². The highest BCUT2D eigenvalue weighted by atomic mass is 79.9. The molecule has 1 aromatic heterocycles. The molecular formula is C16H11BrClNO. The number of halogens is 2. The van der Waals surface area contributed by atoms with Crippen molar-refractivity contribution in [1.29, 1.82) is 0 Å². The van der Waals surface area contributed by atoms with E-state index in [4.69, 9.17) is 11.6 Å². The molecule has 20 heavy (non-hydrogen) atoms.